The normalized spacial score (nSPS) is 11.5. The minimum Gasteiger partial charge on any atom is -0.384 e. The third-order valence-corrected chi connectivity index (χ3v) is 5.28. The van der Waals surface area contributed by atoms with E-state index in [1.165, 1.54) is 0 Å². The molecule has 0 unspecified atom stereocenters. The minimum atomic E-state index is -2.49. The van der Waals surface area contributed by atoms with Crippen molar-refractivity contribution < 1.29 is 22.8 Å². The van der Waals surface area contributed by atoms with E-state index < -0.39 is 8.80 Å². The van der Waals surface area contributed by atoms with Crippen LogP contribution in [0.4, 0.5) is 0 Å². The SMILES string of the molecule is COCCC(=O)NCCC[Si](OC)(OC)OC. The fraction of sp³-hybridized carbons (Fsp3) is 0.900. The molecule has 0 fully saturated rings. The topological polar surface area (TPSA) is 66.0 Å². The zero-order valence-corrected chi connectivity index (χ0v) is 12.1. The highest BCUT2D eigenvalue weighted by Gasteiger charge is 2.36. The van der Waals surface area contributed by atoms with Gasteiger partial charge in [-0.05, 0) is 6.42 Å². The molecular weight excluding hydrogens is 242 g/mol. The molecule has 6 nitrogen and oxygen atoms in total. The number of carbonyl (C=O) groups is 1. The van der Waals surface area contributed by atoms with E-state index in [0.717, 1.165) is 6.42 Å². The molecule has 0 radical (unpaired) electrons. The maximum atomic E-state index is 11.3. The number of methoxy groups -OCH3 is 1. The number of nitrogens with one attached hydrogen (secondary N) is 1. The van der Waals surface area contributed by atoms with Gasteiger partial charge in [0.15, 0.2) is 0 Å². The van der Waals surface area contributed by atoms with Crippen molar-refractivity contribution in [2.24, 2.45) is 0 Å². The second-order valence-electron chi connectivity index (χ2n) is 3.49. The quantitative estimate of drug-likeness (QED) is 0.458. The summed E-state index contributed by atoms with van der Waals surface area (Å²) >= 11 is 0. The molecule has 0 aliphatic rings. The van der Waals surface area contributed by atoms with Gasteiger partial charge in [-0.15, -0.1) is 0 Å². The Bertz CT molecular complexity index is 203. The van der Waals surface area contributed by atoms with Crippen molar-refractivity contribution in [3.05, 3.63) is 0 Å². The maximum absolute atomic E-state index is 11.3. The van der Waals surface area contributed by atoms with E-state index in [1.807, 2.05) is 0 Å². The Hall–Kier alpha value is -0.473. The van der Waals surface area contributed by atoms with Gasteiger partial charge in [-0.1, -0.05) is 0 Å². The molecule has 1 N–H and O–H groups in total. The second kappa shape index (κ2) is 9.55. The summed E-state index contributed by atoms with van der Waals surface area (Å²) in [6.07, 6.45) is 1.15. The van der Waals surface area contributed by atoms with Crippen LogP contribution in [0.1, 0.15) is 12.8 Å². The van der Waals surface area contributed by atoms with Crippen molar-refractivity contribution in [2.45, 2.75) is 18.9 Å². The molecule has 0 atom stereocenters. The summed E-state index contributed by atoms with van der Waals surface area (Å²) in [6, 6.07) is 0.682. The minimum absolute atomic E-state index is 0.00799. The Kier molecular flexibility index (Phi) is 9.28. The first-order chi connectivity index (χ1) is 8.14. The number of hydrogen-bond acceptors (Lipinski definition) is 5. The number of hydrogen-bond donors (Lipinski definition) is 1. The molecular formula is C10H23NO5Si. The largest absolute Gasteiger partial charge is 0.500 e. The number of ether oxygens (including phenoxy) is 1. The van der Waals surface area contributed by atoms with Crippen LogP contribution < -0.4 is 5.32 Å². The van der Waals surface area contributed by atoms with E-state index in [-0.39, 0.29) is 5.91 Å². The first-order valence-electron chi connectivity index (χ1n) is 5.55. The first-order valence-corrected chi connectivity index (χ1v) is 7.48. The van der Waals surface area contributed by atoms with Gasteiger partial charge < -0.3 is 23.3 Å². The molecule has 0 heterocycles. The van der Waals surface area contributed by atoms with Gasteiger partial charge in [-0.2, -0.15) is 0 Å². The summed E-state index contributed by atoms with van der Waals surface area (Å²) in [6.45, 7) is 1.03. The molecule has 0 aliphatic carbocycles. The number of rotatable bonds is 10. The van der Waals surface area contributed by atoms with Gasteiger partial charge in [0.1, 0.15) is 0 Å². The lowest BCUT2D eigenvalue weighted by Gasteiger charge is -2.24. The van der Waals surface area contributed by atoms with Crippen LogP contribution in [0, 0.1) is 0 Å². The van der Waals surface area contributed by atoms with Crippen LogP contribution in [-0.4, -0.2) is 56.3 Å². The fourth-order valence-corrected chi connectivity index (χ4v) is 3.09. The fourth-order valence-electron chi connectivity index (χ4n) is 1.37. The smallest absolute Gasteiger partial charge is 0.384 e. The third-order valence-electron chi connectivity index (χ3n) is 2.45. The van der Waals surface area contributed by atoms with E-state index in [4.69, 9.17) is 18.0 Å². The molecule has 17 heavy (non-hydrogen) atoms. The Labute approximate surface area is 104 Å². The van der Waals surface area contributed by atoms with Crippen molar-refractivity contribution in [1.29, 1.82) is 0 Å². The second-order valence-corrected chi connectivity index (χ2v) is 6.58. The maximum Gasteiger partial charge on any atom is 0.500 e. The lowest BCUT2D eigenvalue weighted by Crippen LogP contribution is -2.43. The van der Waals surface area contributed by atoms with Crippen molar-refractivity contribution >= 4 is 14.7 Å². The van der Waals surface area contributed by atoms with Gasteiger partial charge in [0.2, 0.25) is 5.91 Å². The first kappa shape index (κ1) is 16.5. The highest BCUT2D eigenvalue weighted by Crippen LogP contribution is 2.14. The lowest BCUT2D eigenvalue weighted by molar-refractivity contribution is -0.121. The molecule has 0 aliphatic heterocycles. The van der Waals surface area contributed by atoms with Crippen molar-refractivity contribution in [1.82, 2.24) is 5.32 Å². The Morgan fingerprint density at radius 3 is 2.18 bits per heavy atom. The van der Waals surface area contributed by atoms with Crippen LogP contribution in [0.25, 0.3) is 0 Å². The summed E-state index contributed by atoms with van der Waals surface area (Å²) in [5.74, 6) is -0.00799. The monoisotopic (exact) mass is 265 g/mol. The highest BCUT2D eigenvalue weighted by atomic mass is 28.4. The van der Waals surface area contributed by atoms with Crippen LogP contribution in [0.15, 0.2) is 0 Å². The standard InChI is InChI=1S/C10H23NO5Si/c1-13-8-6-10(12)11-7-5-9-17(14-2,15-3)16-4/h5-9H2,1-4H3,(H,11,12). The summed E-state index contributed by atoms with van der Waals surface area (Å²) < 4.78 is 20.6. The zero-order chi connectivity index (χ0) is 13.1. The lowest BCUT2D eigenvalue weighted by atomic mass is 10.4. The summed E-state index contributed by atoms with van der Waals surface area (Å²) in [7, 11) is 3.82. The molecule has 0 spiro atoms. The summed E-state index contributed by atoms with van der Waals surface area (Å²) in [5.41, 5.74) is 0. The van der Waals surface area contributed by atoms with Crippen LogP contribution in [0.3, 0.4) is 0 Å². The van der Waals surface area contributed by atoms with Crippen molar-refractivity contribution in [3.8, 4) is 0 Å². The Balaban J connectivity index is 3.71. The number of carbonyl (C=O) groups excluding carboxylic acids is 1. The number of amides is 1. The molecule has 1 amide bonds. The van der Waals surface area contributed by atoms with Crippen LogP contribution in [0.5, 0.6) is 0 Å². The van der Waals surface area contributed by atoms with E-state index in [0.29, 0.717) is 25.6 Å². The Morgan fingerprint density at radius 1 is 1.12 bits per heavy atom. The van der Waals surface area contributed by atoms with Gasteiger partial charge in [-0.3, -0.25) is 4.79 Å². The highest BCUT2D eigenvalue weighted by molar-refractivity contribution is 6.60. The summed E-state index contributed by atoms with van der Waals surface area (Å²) in [5, 5.41) is 2.80. The van der Waals surface area contributed by atoms with Crippen molar-refractivity contribution in [2.75, 3.05) is 41.6 Å². The predicted octanol–water partition coefficient (Wildman–Crippen LogP) is 0.407. The molecule has 0 aromatic carbocycles. The Morgan fingerprint density at radius 2 is 1.71 bits per heavy atom. The predicted molar refractivity (Wildman–Crippen MR) is 65.7 cm³/mol. The molecule has 0 aromatic heterocycles. The van der Waals surface area contributed by atoms with Crippen LogP contribution in [-0.2, 0) is 22.8 Å². The van der Waals surface area contributed by atoms with E-state index in [1.54, 1.807) is 28.4 Å². The third kappa shape index (κ3) is 6.74. The van der Waals surface area contributed by atoms with Gasteiger partial charge in [-0.25, -0.2) is 0 Å². The van der Waals surface area contributed by atoms with Gasteiger partial charge >= 0.3 is 8.80 Å². The van der Waals surface area contributed by atoms with Crippen LogP contribution in [0.2, 0.25) is 6.04 Å². The molecule has 0 saturated carbocycles. The summed E-state index contributed by atoms with van der Waals surface area (Å²) in [4.78, 5) is 11.3. The molecule has 0 saturated heterocycles. The average Bonchev–Trinajstić information content (AvgIpc) is 2.37. The molecule has 0 bridgehead atoms. The molecule has 0 aromatic rings. The van der Waals surface area contributed by atoms with Crippen molar-refractivity contribution in [3.63, 3.8) is 0 Å². The molecule has 0 rings (SSSR count). The van der Waals surface area contributed by atoms with E-state index in [9.17, 15) is 4.79 Å². The van der Waals surface area contributed by atoms with E-state index >= 15 is 0 Å². The van der Waals surface area contributed by atoms with E-state index in [2.05, 4.69) is 5.32 Å². The molecule has 102 valence electrons. The molecule has 7 heteroatoms. The van der Waals surface area contributed by atoms with Gasteiger partial charge in [0.05, 0.1) is 6.61 Å². The van der Waals surface area contributed by atoms with Gasteiger partial charge in [0.25, 0.3) is 0 Å². The van der Waals surface area contributed by atoms with Crippen LogP contribution >= 0.6 is 0 Å². The van der Waals surface area contributed by atoms with Gasteiger partial charge in [0, 0.05) is 47.4 Å². The zero-order valence-electron chi connectivity index (χ0n) is 11.1. The average molecular weight is 265 g/mol.